The number of piperidine rings is 1. The van der Waals surface area contributed by atoms with Crippen molar-refractivity contribution in [1.82, 2.24) is 15.0 Å². The van der Waals surface area contributed by atoms with Gasteiger partial charge in [-0.05, 0) is 19.8 Å². The first-order chi connectivity index (χ1) is 11.3. The molecule has 3 heterocycles. The van der Waals surface area contributed by atoms with Gasteiger partial charge in [0.25, 0.3) is 0 Å². The molecule has 1 aliphatic heterocycles. The molecular weight excluding hydrogens is 322 g/mol. The first-order valence-corrected chi connectivity index (χ1v) is 9.37. The molecule has 0 spiro atoms. The van der Waals surface area contributed by atoms with Gasteiger partial charge in [0.2, 0.25) is 5.91 Å². The second-order valence-electron chi connectivity index (χ2n) is 7.58. The first-order valence-electron chi connectivity index (χ1n) is 8.49. The van der Waals surface area contributed by atoms with E-state index in [4.69, 9.17) is 9.51 Å². The van der Waals surface area contributed by atoms with Gasteiger partial charge in [-0.2, -0.15) is 0 Å². The monoisotopic (exact) mass is 347 g/mol. The Balaban J connectivity index is 1.55. The van der Waals surface area contributed by atoms with Crippen molar-refractivity contribution in [3.05, 3.63) is 33.6 Å². The Kier molecular flexibility index (Phi) is 4.76. The Morgan fingerprint density at radius 2 is 2.08 bits per heavy atom. The van der Waals surface area contributed by atoms with Gasteiger partial charge in [-0.1, -0.05) is 25.9 Å². The molecular formula is C18H25N3O2S. The zero-order valence-electron chi connectivity index (χ0n) is 14.8. The fourth-order valence-electron chi connectivity index (χ4n) is 2.96. The first kappa shape index (κ1) is 17.1. The Hall–Kier alpha value is -1.69. The van der Waals surface area contributed by atoms with E-state index in [1.165, 1.54) is 10.7 Å². The number of carbonyl (C=O) groups is 1. The summed E-state index contributed by atoms with van der Waals surface area (Å²) in [4.78, 5) is 19.2. The number of amides is 1. The molecule has 0 N–H and O–H groups in total. The van der Waals surface area contributed by atoms with Gasteiger partial charge >= 0.3 is 0 Å². The fraction of sp³-hybridized carbons (Fsp3) is 0.611. The van der Waals surface area contributed by atoms with Crippen molar-refractivity contribution in [1.29, 1.82) is 0 Å². The molecule has 0 saturated carbocycles. The maximum Gasteiger partial charge on any atom is 0.228 e. The van der Waals surface area contributed by atoms with Crippen LogP contribution >= 0.6 is 11.3 Å². The van der Waals surface area contributed by atoms with Crippen LogP contribution in [0.3, 0.4) is 0 Å². The van der Waals surface area contributed by atoms with Gasteiger partial charge in [0, 0.05) is 35.9 Å². The molecule has 1 amide bonds. The van der Waals surface area contributed by atoms with Crippen LogP contribution in [0, 0.1) is 6.92 Å². The van der Waals surface area contributed by atoms with Gasteiger partial charge < -0.3 is 9.42 Å². The number of hydrogen-bond donors (Lipinski definition) is 0. The number of aryl methyl sites for hydroxylation is 1. The highest BCUT2D eigenvalue weighted by Crippen LogP contribution is 2.33. The zero-order valence-corrected chi connectivity index (χ0v) is 15.7. The van der Waals surface area contributed by atoms with Crippen LogP contribution in [0.25, 0.3) is 0 Å². The lowest BCUT2D eigenvalue weighted by atomic mass is 9.93. The minimum atomic E-state index is 0.0984. The van der Waals surface area contributed by atoms with Crippen molar-refractivity contribution >= 4 is 17.2 Å². The van der Waals surface area contributed by atoms with E-state index in [1.807, 2.05) is 17.9 Å². The molecule has 3 rings (SSSR count). The number of nitrogens with zero attached hydrogens (tertiary/aromatic N) is 3. The van der Waals surface area contributed by atoms with Crippen LogP contribution in [0.15, 0.2) is 16.0 Å². The highest BCUT2D eigenvalue weighted by Gasteiger charge is 2.27. The molecule has 0 unspecified atom stereocenters. The lowest BCUT2D eigenvalue weighted by Crippen LogP contribution is -2.38. The van der Waals surface area contributed by atoms with Crippen molar-refractivity contribution in [3.8, 4) is 0 Å². The van der Waals surface area contributed by atoms with E-state index in [1.54, 1.807) is 11.3 Å². The summed E-state index contributed by atoms with van der Waals surface area (Å²) in [6.45, 7) is 10.0. The second kappa shape index (κ2) is 6.67. The van der Waals surface area contributed by atoms with Crippen LogP contribution in [0.4, 0.5) is 0 Å². The molecule has 1 aliphatic rings. The molecule has 2 aromatic rings. The minimum absolute atomic E-state index is 0.0984. The van der Waals surface area contributed by atoms with Crippen LogP contribution in [-0.2, 0) is 16.6 Å². The van der Waals surface area contributed by atoms with Gasteiger partial charge in [0.05, 0.1) is 22.8 Å². The van der Waals surface area contributed by atoms with Crippen LogP contribution in [-0.4, -0.2) is 34.0 Å². The molecule has 0 atom stereocenters. The maximum absolute atomic E-state index is 12.4. The van der Waals surface area contributed by atoms with E-state index >= 15 is 0 Å². The number of carbonyl (C=O) groups excluding carboxylic acids is 1. The minimum Gasteiger partial charge on any atom is -0.361 e. The van der Waals surface area contributed by atoms with Crippen LogP contribution in [0.2, 0.25) is 0 Å². The van der Waals surface area contributed by atoms with Crippen molar-refractivity contribution in [2.45, 2.75) is 58.3 Å². The normalized spacial score (nSPS) is 16.6. The van der Waals surface area contributed by atoms with Gasteiger partial charge in [0.1, 0.15) is 5.76 Å². The van der Waals surface area contributed by atoms with Gasteiger partial charge in [-0.15, -0.1) is 11.3 Å². The molecule has 0 radical (unpaired) electrons. The number of hydrogen-bond acceptors (Lipinski definition) is 5. The molecule has 0 aliphatic carbocycles. The third-order valence-electron chi connectivity index (χ3n) is 4.50. The summed E-state index contributed by atoms with van der Waals surface area (Å²) in [5.41, 5.74) is 1.98. The average Bonchev–Trinajstić information content (AvgIpc) is 3.16. The lowest BCUT2D eigenvalue weighted by Gasteiger charge is -2.31. The third-order valence-corrected chi connectivity index (χ3v) is 5.50. The van der Waals surface area contributed by atoms with Crippen molar-refractivity contribution in [3.63, 3.8) is 0 Å². The van der Waals surface area contributed by atoms with E-state index < -0.39 is 0 Å². The lowest BCUT2D eigenvalue weighted by molar-refractivity contribution is -0.131. The van der Waals surface area contributed by atoms with E-state index in [-0.39, 0.29) is 11.3 Å². The number of aromatic nitrogens is 2. The molecule has 130 valence electrons. The number of likely N-dealkylation sites (tertiary alicyclic amines) is 1. The topological polar surface area (TPSA) is 59.2 Å². The predicted octanol–water partition coefficient (Wildman–Crippen LogP) is 3.69. The van der Waals surface area contributed by atoms with Crippen LogP contribution < -0.4 is 0 Å². The third kappa shape index (κ3) is 3.86. The van der Waals surface area contributed by atoms with E-state index in [0.717, 1.165) is 37.4 Å². The molecule has 1 saturated heterocycles. The van der Waals surface area contributed by atoms with Crippen molar-refractivity contribution in [2.75, 3.05) is 13.1 Å². The molecule has 2 aromatic heterocycles. The Labute approximate surface area is 147 Å². The predicted molar refractivity (Wildman–Crippen MR) is 94.3 cm³/mol. The van der Waals surface area contributed by atoms with Gasteiger partial charge in [-0.25, -0.2) is 4.98 Å². The van der Waals surface area contributed by atoms with Crippen LogP contribution in [0.5, 0.6) is 0 Å². The highest BCUT2D eigenvalue weighted by atomic mass is 32.1. The highest BCUT2D eigenvalue weighted by molar-refractivity contribution is 7.09. The molecule has 6 heteroatoms. The summed E-state index contributed by atoms with van der Waals surface area (Å²) in [6, 6.07) is 1.83. The largest absolute Gasteiger partial charge is 0.361 e. The van der Waals surface area contributed by atoms with Crippen molar-refractivity contribution < 1.29 is 9.32 Å². The fourth-order valence-corrected chi connectivity index (χ4v) is 4.18. The summed E-state index contributed by atoms with van der Waals surface area (Å²) in [6.07, 6.45) is 2.30. The average molecular weight is 347 g/mol. The Morgan fingerprint density at radius 1 is 1.38 bits per heavy atom. The van der Waals surface area contributed by atoms with E-state index in [0.29, 0.717) is 12.3 Å². The van der Waals surface area contributed by atoms with E-state index in [2.05, 4.69) is 31.3 Å². The van der Waals surface area contributed by atoms with Gasteiger partial charge in [-0.3, -0.25) is 4.79 Å². The second-order valence-corrected chi connectivity index (χ2v) is 8.47. The summed E-state index contributed by atoms with van der Waals surface area (Å²) >= 11 is 1.76. The number of thiazole rings is 1. The standard InChI is InChI=1S/C18H25N3O2S/c1-12-9-14(20-23-12)10-16(22)21-7-5-13(6-8-21)17-19-15(11-24-17)18(2,3)4/h9,11,13H,5-8,10H2,1-4H3. The zero-order chi connectivity index (χ0) is 17.3. The molecule has 1 fully saturated rings. The summed E-state index contributed by atoms with van der Waals surface area (Å²) in [7, 11) is 0. The van der Waals surface area contributed by atoms with Crippen molar-refractivity contribution in [2.24, 2.45) is 0 Å². The smallest absolute Gasteiger partial charge is 0.228 e. The Morgan fingerprint density at radius 3 is 2.62 bits per heavy atom. The van der Waals surface area contributed by atoms with Crippen LogP contribution in [0.1, 0.15) is 61.7 Å². The molecule has 24 heavy (non-hydrogen) atoms. The number of rotatable bonds is 3. The quantitative estimate of drug-likeness (QED) is 0.850. The molecule has 0 bridgehead atoms. The summed E-state index contributed by atoms with van der Waals surface area (Å²) in [5, 5.41) is 7.31. The molecule has 0 aromatic carbocycles. The van der Waals surface area contributed by atoms with E-state index in [9.17, 15) is 4.79 Å². The SMILES string of the molecule is Cc1cc(CC(=O)N2CCC(c3nc(C(C)(C)C)cs3)CC2)no1. The summed E-state index contributed by atoms with van der Waals surface area (Å²) in [5.74, 6) is 1.36. The Bertz CT molecular complexity index is 706. The maximum atomic E-state index is 12.4. The summed E-state index contributed by atoms with van der Waals surface area (Å²) < 4.78 is 5.03. The molecule has 5 nitrogen and oxygen atoms in total. The van der Waals surface area contributed by atoms with Gasteiger partial charge in [0.15, 0.2) is 0 Å².